The van der Waals surface area contributed by atoms with Gasteiger partial charge in [-0.15, -0.1) is 0 Å². The highest BCUT2D eigenvalue weighted by molar-refractivity contribution is 6.21. The van der Waals surface area contributed by atoms with E-state index in [1.165, 1.54) is 4.90 Å². The number of hydrogen-bond donors (Lipinski definition) is 1. The minimum absolute atomic E-state index is 0.0132. The lowest BCUT2D eigenvalue weighted by molar-refractivity contribution is -0.121. The van der Waals surface area contributed by atoms with Gasteiger partial charge in [0.05, 0.1) is 23.3 Å². The molecule has 8 nitrogen and oxygen atoms in total. The van der Waals surface area contributed by atoms with Crippen LogP contribution in [0.1, 0.15) is 63.3 Å². The molecule has 2 unspecified atom stereocenters. The number of nitrogens with zero attached hydrogens (tertiary/aromatic N) is 2. The predicted molar refractivity (Wildman–Crippen MR) is 125 cm³/mol. The Kier molecular flexibility index (Phi) is 7.07. The van der Waals surface area contributed by atoms with E-state index in [1.54, 1.807) is 36.4 Å². The summed E-state index contributed by atoms with van der Waals surface area (Å²) in [6.07, 6.45) is 0.622. The first-order chi connectivity index (χ1) is 16.3. The summed E-state index contributed by atoms with van der Waals surface area (Å²) in [4.78, 5) is 52.8. The molecule has 1 fully saturated rings. The highest BCUT2D eigenvalue weighted by Crippen LogP contribution is 2.22. The van der Waals surface area contributed by atoms with E-state index in [-0.39, 0.29) is 48.8 Å². The highest BCUT2D eigenvalue weighted by atomic mass is 16.5. The number of ether oxygens (including phenoxy) is 1. The van der Waals surface area contributed by atoms with Crippen molar-refractivity contribution in [3.05, 3.63) is 70.8 Å². The third kappa shape index (κ3) is 5.17. The second-order valence-corrected chi connectivity index (χ2v) is 8.85. The quantitative estimate of drug-likeness (QED) is 0.637. The van der Waals surface area contributed by atoms with Crippen molar-refractivity contribution in [3.8, 4) is 0 Å². The average molecular weight is 464 g/mol. The number of imide groups is 1. The fraction of sp³-hybridized carbons (Fsp3) is 0.385. The normalized spacial score (nSPS) is 19.8. The minimum atomic E-state index is -0.309. The van der Waals surface area contributed by atoms with Crippen molar-refractivity contribution in [1.82, 2.24) is 15.1 Å². The molecular formula is C26H29N3O5. The van der Waals surface area contributed by atoms with Crippen LogP contribution >= 0.6 is 0 Å². The molecule has 2 aliphatic heterocycles. The van der Waals surface area contributed by atoms with E-state index in [0.29, 0.717) is 42.7 Å². The van der Waals surface area contributed by atoms with Gasteiger partial charge in [-0.05, 0) is 50.1 Å². The lowest BCUT2D eigenvalue weighted by atomic mass is 10.1. The average Bonchev–Trinajstić information content (AvgIpc) is 3.07. The van der Waals surface area contributed by atoms with Gasteiger partial charge in [-0.2, -0.15) is 0 Å². The molecule has 2 aliphatic rings. The molecule has 0 saturated carbocycles. The standard InChI is InChI=1S/C26H29N3O5/c1-17-15-28(16-18(2)34-17)24(31)20-11-9-19(10-12-20)14-27-23(30)8-5-13-29-25(32)21-6-3-4-7-22(21)26(29)33/h3-4,6-7,9-12,17-18H,5,8,13-16H2,1-2H3,(H,27,30). The van der Waals surface area contributed by atoms with Crippen molar-refractivity contribution < 1.29 is 23.9 Å². The summed E-state index contributed by atoms with van der Waals surface area (Å²) in [5.41, 5.74) is 2.32. The summed E-state index contributed by atoms with van der Waals surface area (Å²) in [6, 6.07) is 14.0. The van der Waals surface area contributed by atoms with Crippen molar-refractivity contribution in [2.45, 2.75) is 45.4 Å². The zero-order valence-electron chi connectivity index (χ0n) is 19.5. The zero-order valence-corrected chi connectivity index (χ0v) is 19.5. The molecule has 0 bridgehead atoms. The molecule has 0 aliphatic carbocycles. The first-order valence-electron chi connectivity index (χ1n) is 11.6. The summed E-state index contributed by atoms with van der Waals surface area (Å²) in [7, 11) is 0. The predicted octanol–water partition coefficient (Wildman–Crippen LogP) is 2.63. The molecule has 2 aromatic carbocycles. The van der Waals surface area contributed by atoms with Crippen molar-refractivity contribution in [2.75, 3.05) is 19.6 Å². The van der Waals surface area contributed by atoms with E-state index < -0.39 is 0 Å². The molecule has 0 spiro atoms. The Bertz CT molecular complexity index is 1050. The number of amides is 4. The second-order valence-electron chi connectivity index (χ2n) is 8.85. The molecule has 0 aromatic heterocycles. The third-order valence-corrected chi connectivity index (χ3v) is 6.06. The first kappa shape index (κ1) is 23.6. The number of carbonyl (C=O) groups is 4. The van der Waals surface area contributed by atoms with Gasteiger partial charge in [0.15, 0.2) is 0 Å². The Hall–Kier alpha value is -3.52. The Morgan fingerprint density at radius 3 is 2.12 bits per heavy atom. The molecule has 1 saturated heterocycles. The molecule has 8 heteroatoms. The van der Waals surface area contributed by atoms with Crippen molar-refractivity contribution in [1.29, 1.82) is 0 Å². The Labute approximate surface area is 198 Å². The summed E-state index contributed by atoms with van der Waals surface area (Å²) in [5, 5.41) is 2.85. The molecule has 2 heterocycles. The van der Waals surface area contributed by atoms with Crippen molar-refractivity contribution >= 4 is 23.6 Å². The number of hydrogen-bond acceptors (Lipinski definition) is 5. The number of benzene rings is 2. The van der Waals surface area contributed by atoms with Gasteiger partial charge in [-0.1, -0.05) is 24.3 Å². The lowest BCUT2D eigenvalue weighted by Crippen LogP contribution is -2.48. The Morgan fingerprint density at radius 2 is 1.53 bits per heavy atom. The summed E-state index contributed by atoms with van der Waals surface area (Å²) < 4.78 is 5.69. The summed E-state index contributed by atoms with van der Waals surface area (Å²) in [6.45, 7) is 5.60. The minimum Gasteiger partial charge on any atom is -0.372 e. The molecule has 4 rings (SSSR count). The fourth-order valence-corrected chi connectivity index (χ4v) is 4.42. The van der Waals surface area contributed by atoms with Crippen molar-refractivity contribution in [3.63, 3.8) is 0 Å². The summed E-state index contributed by atoms with van der Waals surface area (Å²) in [5.74, 6) is -0.799. The molecular weight excluding hydrogens is 434 g/mol. The van der Waals surface area contributed by atoms with Crippen LogP contribution < -0.4 is 5.32 Å². The number of carbonyl (C=O) groups excluding carboxylic acids is 4. The van der Waals surface area contributed by atoms with Crippen LogP contribution in [-0.4, -0.2) is 65.3 Å². The highest BCUT2D eigenvalue weighted by Gasteiger charge is 2.34. The van der Waals surface area contributed by atoms with E-state index in [2.05, 4.69) is 5.32 Å². The van der Waals surface area contributed by atoms with Gasteiger partial charge in [0.25, 0.3) is 17.7 Å². The molecule has 178 valence electrons. The van der Waals surface area contributed by atoms with Crippen LogP contribution in [-0.2, 0) is 16.1 Å². The van der Waals surface area contributed by atoms with Crippen LogP contribution in [0.25, 0.3) is 0 Å². The topological polar surface area (TPSA) is 96.0 Å². The number of fused-ring (bicyclic) bond motifs is 1. The van der Waals surface area contributed by atoms with Gasteiger partial charge >= 0.3 is 0 Å². The smallest absolute Gasteiger partial charge is 0.261 e. The molecule has 34 heavy (non-hydrogen) atoms. The van der Waals surface area contributed by atoms with Crippen molar-refractivity contribution in [2.24, 2.45) is 0 Å². The van der Waals surface area contributed by atoms with Gasteiger partial charge < -0.3 is 15.0 Å². The monoisotopic (exact) mass is 463 g/mol. The summed E-state index contributed by atoms with van der Waals surface area (Å²) >= 11 is 0. The molecule has 0 radical (unpaired) electrons. The van der Waals surface area contributed by atoms with Crippen LogP contribution in [0.4, 0.5) is 0 Å². The van der Waals surface area contributed by atoms with E-state index in [4.69, 9.17) is 4.74 Å². The number of rotatable bonds is 7. The molecule has 2 atom stereocenters. The number of morpholine rings is 1. The fourth-order valence-electron chi connectivity index (χ4n) is 4.42. The lowest BCUT2D eigenvalue weighted by Gasteiger charge is -2.35. The Balaban J connectivity index is 1.21. The largest absolute Gasteiger partial charge is 0.372 e. The van der Waals surface area contributed by atoms with Gasteiger partial charge in [0, 0.05) is 38.2 Å². The van der Waals surface area contributed by atoms with Gasteiger partial charge in [0.1, 0.15) is 0 Å². The molecule has 2 aromatic rings. The molecule has 1 N–H and O–H groups in total. The maximum Gasteiger partial charge on any atom is 0.261 e. The second kappa shape index (κ2) is 10.2. The van der Waals surface area contributed by atoms with E-state index >= 15 is 0 Å². The van der Waals surface area contributed by atoms with Crippen LogP contribution in [0.2, 0.25) is 0 Å². The van der Waals surface area contributed by atoms with Gasteiger partial charge in [-0.3, -0.25) is 24.1 Å². The maximum absolute atomic E-state index is 12.8. The van der Waals surface area contributed by atoms with Gasteiger partial charge in [-0.25, -0.2) is 0 Å². The first-order valence-corrected chi connectivity index (χ1v) is 11.6. The molecule has 4 amide bonds. The van der Waals surface area contributed by atoms with Crippen LogP contribution in [0.15, 0.2) is 48.5 Å². The van der Waals surface area contributed by atoms with Gasteiger partial charge in [0.2, 0.25) is 5.91 Å². The van der Waals surface area contributed by atoms with E-state index in [9.17, 15) is 19.2 Å². The van der Waals surface area contributed by atoms with E-state index in [0.717, 1.165) is 5.56 Å². The third-order valence-electron chi connectivity index (χ3n) is 6.06. The van der Waals surface area contributed by atoms with Crippen LogP contribution in [0.3, 0.4) is 0 Å². The zero-order chi connectivity index (χ0) is 24.2. The van der Waals surface area contributed by atoms with Crippen LogP contribution in [0.5, 0.6) is 0 Å². The SMILES string of the molecule is CC1CN(C(=O)c2ccc(CNC(=O)CCCN3C(=O)c4ccccc4C3=O)cc2)CC(C)O1. The Morgan fingerprint density at radius 1 is 0.941 bits per heavy atom. The number of nitrogens with one attached hydrogen (secondary N) is 1. The van der Waals surface area contributed by atoms with E-state index in [1.807, 2.05) is 30.9 Å². The maximum atomic E-state index is 12.8. The van der Waals surface area contributed by atoms with Crippen LogP contribution in [0, 0.1) is 0 Å².